The smallest absolute Gasteiger partial charge is 0.0917 e. The summed E-state index contributed by atoms with van der Waals surface area (Å²) in [6.07, 6.45) is -0.603. The molecule has 4 heteroatoms. The molecule has 0 bridgehead atoms. The summed E-state index contributed by atoms with van der Waals surface area (Å²) in [4.78, 5) is 0.700. The van der Waals surface area contributed by atoms with Gasteiger partial charge in [0.05, 0.1) is 16.9 Å². The second kappa shape index (κ2) is 7.87. The predicted octanol–water partition coefficient (Wildman–Crippen LogP) is 3.93. The summed E-state index contributed by atoms with van der Waals surface area (Å²) in [5.74, 6) is 0.602. The quantitative estimate of drug-likeness (QED) is 0.786. The Bertz CT molecular complexity index is 574. The summed E-state index contributed by atoms with van der Waals surface area (Å²) in [5, 5.41) is 10.4. The van der Waals surface area contributed by atoms with Crippen molar-refractivity contribution in [3.63, 3.8) is 0 Å². The third-order valence-electron chi connectivity index (χ3n) is 3.41. The van der Waals surface area contributed by atoms with Gasteiger partial charge in [0.25, 0.3) is 0 Å². The van der Waals surface area contributed by atoms with E-state index < -0.39 is 16.9 Å². The lowest BCUT2D eigenvalue weighted by Gasteiger charge is -2.23. The highest BCUT2D eigenvalue weighted by Crippen LogP contribution is 2.29. The first-order valence-electron chi connectivity index (χ1n) is 6.90. The molecular formula is C17H19BrO2S. The maximum absolute atomic E-state index is 12.3. The third kappa shape index (κ3) is 4.50. The minimum absolute atomic E-state index is 0.0845. The summed E-state index contributed by atoms with van der Waals surface area (Å²) in [6.45, 7) is 2.01. The molecule has 0 aromatic heterocycles. The average Bonchev–Trinajstić information content (AvgIpc) is 2.55. The zero-order chi connectivity index (χ0) is 15.2. The van der Waals surface area contributed by atoms with E-state index in [0.717, 1.165) is 10.5 Å². The maximum Gasteiger partial charge on any atom is 0.0917 e. The van der Waals surface area contributed by atoms with Gasteiger partial charge in [0, 0.05) is 15.5 Å². The Kier molecular flexibility index (Phi) is 6.15. The number of alkyl halides is 1. The zero-order valence-electron chi connectivity index (χ0n) is 11.9. The molecule has 2 rings (SSSR count). The Morgan fingerprint density at radius 3 is 2.14 bits per heavy atom. The van der Waals surface area contributed by atoms with Crippen molar-refractivity contribution in [3.05, 3.63) is 66.2 Å². The van der Waals surface area contributed by atoms with Crippen LogP contribution in [-0.2, 0) is 10.8 Å². The number of aliphatic hydroxyl groups excluding tert-OH is 1. The summed E-state index contributed by atoms with van der Waals surface area (Å²) in [6, 6.07) is 19.0. The zero-order valence-corrected chi connectivity index (χ0v) is 14.3. The van der Waals surface area contributed by atoms with Crippen LogP contribution >= 0.6 is 15.9 Å². The van der Waals surface area contributed by atoms with Gasteiger partial charge in [0.1, 0.15) is 0 Å². The molecule has 2 aromatic carbocycles. The van der Waals surface area contributed by atoms with Gasteiger partial charge in [0.2, 0.25) is 0 Å². The van der Waals surface area contributed by atoms with Gasteiger partial charge in [-0.1, -0.05) is 71.4 Å². The fourth-order valence-electron chi connectivity index (χ4n) is 2.14. The number of aliphatic hydroxyl groups is 1. The predicted molar refractivity (Wildman–Crippen MR) is 91.0 cm³/mol. The number of halogens is 1. The largest absolute Gasteiger partial charge is 0.387 e. The van der Waals surface area contributed by atoms with Crippen LogP contribution in [0.1, 0.15) is 18.6 Å². The first-order valence-corrected chi connectivity index (χ1v) is 9.13. The van der Waals surface area contributed by atoms with E-state index in [4.69, 9.17) is 0 Å². The number of rotatable bonds is 6. The lowest BCUT2D eigenvalue weighted by atomic mass is 9.99. The Labute approximate surface area is 136 Å². The molecular weight excluding hydrogens is 348 g/mol. The van der Waals surface area contributed by atoms with Crippen molar-refractivity contribution in [2.75, 3.05) is 5.75 Å². The van der Waals surface area contributed by atoms with E-state index in [0.29, 0.717) is 5.75 Å². The highest BCUT2D eigenvalue weighted by Gasteiger charge is 2.25. The number of hydrogen-bond donors (Lipinski definition) is 1. The highest BCUT2D eigenvalue weighted by atomic mass is 79.9. The van der Waals surface area contributed by atoms with Crippen LogP contribution in [0, 0.1) is 5.92 Å². The molecule has 0 saturated heterocycles. The molecule has 0 radical (unpaired) electrons. The summed E-state index contributed by atoms with van der Waals surface area (Å²) in [5.41, 5.74) is 0.872. The second-order valence-electron chi connectivity index (χ2n) is 5.10. The van der Waals surface area contributed by atoms with Crippen molar-refractivity contribution in [1.82, 2.24) is 0 Å². The summed E-state index contributed by atoms with van der Waals surface area (Å²) in [7, 11) is -1.05. The topological polar surface area (TPSA) is 37.3 Å². The van der Waals surface area contributed by atoms with Crippen molar-refractivity contribution in [1.29, 1.82) is 0 Å². The summed E-state index contributed by atoms with van der Waals surface area (Å²) < 4.78 is 12.3. The molecule has 21 heavy (non-hydrogen) atoms. The van der Waals surface area contributed by atoms with E-state index in [2.05, 4.69) is 15.9 Å². The molecule has 0 aliphatic carbocycles. The van der Waals surface area contributed by atoms with Crippen molar-refractivity contribution >= 4 is 26.7 Å². The van der Waals surface area contributed by atoms with E-state index in [1.165, 1.54) is 0 Å². The minimum Gasteiger partial charge on any atom is -0.387 e. The van der Waals surface area contributed by atoms with Gasteiger partial charge in [-0.05, 0) is 23.6 Å². The fraction of sp³-hybridized carbons (Fsp3) is 0.294. The Morgan fingerprint density at radius 2 is 1.57 bits per heavy atom. The van der Waals surface area contributed by atoms with Crippen LogP contribution in [0.25, 0.3) is 0 Å². The van der Waals surface area contributed by atoms with E-state index in [-0.39, 0.29) is 10.7 Å². The summed E-state index contributed by atoms with van der Waals surface area (Å²) >= 11 is 3.56. The maximum atomic E-state index is 12.3. The Balaban J connectivity index is 2.00. The van der Waals surface area contributed by atoms with Gasteiger partial charge in [-0.15, -0.1) is 0 Å². The van der Waals surface area contributed by atoms with Gasteiger partial charge in [-0.25, -0.2) is 0 Å². The van der Waals surface area contributed by atoms with E-state index >= 15 is 0 Å². The van der Waals surface area contributed by atoms with Crippen LogP contribution in [0.4, 0.5) is 0 Å². The first kappa shape index (κ1) is 16.4. The molecule has 0 aliphatic heterocycles. The van der Waals surface area contributed by atoms with Crippen molar-refractivity contribution in [2.45, 2.75) is 22.8 Å². The molecule has 0 unspecified atom stereocenters. The van der Waals surface area contributed by atoms with Gasteiger partial charge in [0.15, 0.2) is 0 Å². The van der Waals surface area contributed by atoms with E-state index in [9.17, 15) is 9.32 Å². The van der Waals surface area contributed by atoms with Crippen molar-refractivity contribution in [3.8, 4) is 0 Å². The fourth-order valence-corrected chi connectivity index (χ4v) is 4.22. The van der Waals surface area contributed by atoms with E-state index in [1.54, 1.807) is 0 Å². The molecule has 0 fully saturated rings. The SMILES string of the molecule is C[C@H](C[S@](=O)c1ccccc1)[C@H](Br)[C@H](O)c1ccccc1. The normalized spacial score (nSPS) is 16.9. The van der Waals surface area contributed by atoms with Crippen LogP contribution in [0.3, 0.4) is 0 Å². The minimum atomic E-state index is -1.05. The van der Waals surface area contributed by atoms with Crippen molar-refractivity contribution in [2.24, 2.45) is 5.92 Å². The third-order valence-corrected chi connectivity index (χ3v) is 6.44. The van der Waals surface area contributed by atoms with Crippen LogP contribution in [0.15, 0.2) is 65.6 Å². The molecule has 112 valence electrons. The second-order valence-corrected chi connectivity index (χ2v) is 7.66. The van der Waals surface area contributed by atoms with Crippen molar-refractivity contribution < 1.29 is 9.32 Å². The molecule has 0 heterocycles. The number of hydrogen-bond acceptors (Lipinski definition) is 2. The van der Waals surface area contributed by atoms with Crippen LogP contribution < -0.4 is 0 Å². The monoisotopic (exact) mass is 366 g/mol. The molecule has 2 aromatic rings. The molecule has 4 atom stereocenters. The van der Waals surface area contributed by atoms with Crippen LogP contribution in [-0.4, -0.2) is 19.9 Å². The average molecular weight is 367 g/mol. The molecule has 0 amide bonds. The standard InChI is InChI=1S/C17H19BrO2S/c1-13(12-21(20)15-10-6-3-7-11-15)16(18)17(19)14-8-4-2-5-9-14/h2-11,13,16-17,19H,12H2,1H3/t13-,16+,17-,21+/m1/s1. The molecule has 1 N–H and O–H groups in total. The van der Waals surface area contributed by atoms with Crippen LogP contribution in [0.2, 0.25) is 0 Å². The molecule has 0 spiro atoms. The van der Waals surface area contributed by atoms with Gasteiger partial charge in [-0.3, -0.25) is 4.21 Å². The lowest BCUT2D eigenvalue weighted by Crippen LogP contribution is -2.24. The molecule has 0 saturated carbocycles. The van der Waals surface area contributed by atoms with Gasteiger partial charge >= 0.3 is 0 Å². The number of benzene rings is 2. The highest BCUT2D eigenvalue weighted by molar-refractivity contribution is 9.09. The molecule has 2 nitrogen and oxygen atoms in total. The van der Waals surface area contributed by atoms with Gasteiger partial charge < -0.3 is 5.11 Å². The van der Waals surface area contributed by atoms with E-state index in [1.807, 2.05) is 67.6 Å². The van der Waals surface area contributed by atoms with Gasteiger partial charge in [-0.2, -0.15) is 0 Å². The Hall–Kier alpha value is -0.970. The molecule has 0 aliphatic rings. The Morgan fingerprint density at radius 1 is 1.05 bits per heavy atom. The first-order chi connectivity index (χ1) is 10.1. The lowest BCUT2D eigenvalue weighted by molar-refractivity contribution is 0.161. The van der Waals surface area contributed by atoms with Crippen LogP contribution in [0.5, 0.6) is 0 Å².